The van der Waals surface area contributed by atoms with Gasteiger partial charge in [0.1, 0.15) is 0 Å². The minimum absolute atomic E-state index is 0.258. The molecule has 0 saturated heterocycles. The van der Waals surface area contributed by atoms with Crippen molar-refractivity contribution in [3.05, 3.63) is 211 Å². The second kappa shape index (κ2) is 12.8. The highest BCUT2D eigenvalue weighted by molar-refractivity contribution is 7.26. The fourth-order valence-electron chi connectivity index (χ4n) is 9.40. The number of nitrogens with zero attached hydrogens (tertiary/aromatic N) is 2. The minimum atomic E-state index is 0.258. The summed E-state index contributed by atoms with van der Waals surface area (Å²) in [5.41, 5.74) is 15.1. The molecule has 0 spiro atoms. The predicted octanol–water partition coefficient (Wildman–Crippen LogP) is 14.8. The van der Waals surface area contributed by atoms with Gasteiger partial charge in [-0.15, -0.1) is 11.3 Å². The van der Waals surface area contributed by atoms with Crippen molar-refractivity contribution >= 4 is 70.3 Å². The lowest BCUT2D eigenvalue weighted by molar-refractivity contribution is 0.826. The number of allylic oxidation sites excluding steroid dienone is 1. The summed E-state index contributed by atoms with van der Waals surface area (Å²) in [6.45, 7) is 0. The molecule has 57 heavy (non-hydrogen) atoms. The molecule has 0 bridgehead atoms. The maximum Gasteiger partial charge on any atom is 0.0719 e. The summed E-state index contributed by atoms with van der Waals surface area (Å²) in [7, 11) is 0. The summed E-state index contributed by atoms with van der Waals surface area (Å²) in [5.74, 6) is 0.258. The Balaban J connectivity index is 1.00. The Kier molecular flexibility index (Phi) is 7.26. The number of hydrogen-bond donors (Lipinski definition) is 0. The second-order valence-electron chi connectivity index (χ2n) is 15.3. The number of fused-ring (bicyclic) bond motifs is 10. The van der Waals surface area contributed by atoms with E-state index in [9.17, 15) is 0 Å². The lowest BCUT2D eigenvalue weighted by Gasteiger charge is -2.20. The molecule has 0 aliphatic heterocycles. The molecule has 11 aromatic rings. The van der Waals surface area contributed by atoms with Gasteiger partial charge < -0.3 is 9.13 Å². The Morgan fingerprint density at radius 1 is 0.439 bits per heavy atom. The molecule has 12 rings (SSSR count). The van der Waals surface area contributed by atoms with Crippen LogP contribution in [0, 0.1) is 0 Å². The zero-order chi connectivity index (χ0) is 37.5. The first-order chi connectivity index (χ1) is 28.3. The molecule has 0 fully saturated rings. The Morgan fingerprint density at radius 2 is 1.11 bits per heavy atom. The van der Waals surface area contributed by atoms with Crippen LogP contribution in [0.1, 0.15) is 22.7 Å². The molecule has 3 heteroatoms. The number of aromatic nitrogens is 2. The number of thiophene rings is 1. The molecule has 1 unspecified atom stereocenters. The Morgan fingerprint density at radius 3 is 1.93 bits per heavy atom. The Labute approximate surface area is 334 Å². The highest BCUT2D eigenvalue weighted by Crippen LogP contribution is 2.45. The van der Waals surface area contributed by atoms with Crippen LogP contribution < -0.4 is 0 Å². The summed E-state index contributed by atoms with van der Waals surface area (Å²) in [6, 6.07) is 69.1. The Hall–Kier alpha value is -6.94. The SMILES string of the molecule is C1=CC(c2ccc3c(c2)c2ccc4c5ccccc5sc4c2n3-c2ccc(-c3ccccc3)cc2)Cc2c1n(-c1cccc(-c3ccccc3)c1)c1ccccc21. The first-order valence-corrected chi connectivity index (χ1v) is 20.6. The molecule has 1 atom stereocenters. The van der Waals surface area contributed by atoms with Gasteiger partial charge in [0, 0.05) is 54.6 Å². The van der Waals surface area contributed by atoms with Crippen molar-refractivity contribution in [2.24, 2.45) is 0 Å². The van der Waals surface area contributed by atoms with E-state index in [0.717, 1.165) is 6.42 Å². The van der Waals surface area contributed by atoms with Gasteiger partial charge in [-0.2, -0.15) is 0 Å². The van der Waals surface area contributed by atoms with Crippen LogP contribution in [-0.2, 0) is 6.42 Å². The van der Waals surface area contributed by atoms with Crippen molar-refractivity contribution in [3.63, 3.8) is 0 Å². The highest BCUT2D eigenvalue weighted by Gasteiger charge is 2.25. The summed E-state index contributed by atoms with van der Waals surface area (Å²) >= 11 is 1.91. The van der Waals surface area contributed by atoms with E-state index in [-0.39, 0.29) is 5.92 Å². The number of hydrogen-bond acceptors (Lipinski definition) is 1. The number of benzene rings is 8. The molecule has 1 aliphatic carbocycles. The fourth-order valence-corrected chi connectivity index (χ4v) is 10.6. The zero-order valence-electron chi connectivity index (χ0n) is 31.1. The smallest absolute Gasteiger partial charge is 0.0719 e. The largest absolute Gasteiger partial charge is 0.310 e. The van der Waals surface area contributed by atoms with E-state index in [1.807, 2.05) is 11.3 Å². The lowest BCUT2D eigenvalue weighted by Crippen LogP contribution is -2.07. The van der Waals surface area contributed by atoms with Crippen LogP contribution in [0.3, 0.4) is 0 Å². The third-order valence-electron chi connectivity index (χ3n) is 12.1. The molecule has 0 saturated carbocycles. The third-order valence-corrected chi connectivity index (χ3v) is 13.3. The van der Waals surface area contributed by atoms with Crippen LogP contribution in [0.4, 0.5) is 0 Å². The minimum Gasteiger partial charge on any atom is -0.310 e. The van der Waals surface area contributed by atoms with Crippen molar-refractivity contribution in [2.45, 2.75) is 12.3 Å². The monoisotopic (exact) mass is 744 g/mol. The molecule has 8 aromatic carbocycles. The molecule has 268 valence electrons. The average Bonchev–Trinajstić information content (AvgIpc) is 3.94. The Bertz CT molecular complexity index is 3360. The van der Waals surface area contributed by atoms with Gasteiger partial charge in [-0.05, 0) is 94.4 Å². The van der Waals surface area contributed by atoms with E-state index in [4.69, 9.17) is 0 Å². The van der Waals surface area contributed by atoms with Crippen LogP contribution >= 0.6 is 11.3 Å². The molecular weight excluding hydrogens is 709 g/mol. The molecule has 3 aromatic heterocycles. The van der Waals surface area contributed by atoms with E-state index in [2.05, 4.69) is 209 Å². The van der Waals surface area contributed by atoms with Gasteiger partial charge in [-0.3, -0.25) is 0 Å². The summed E-state index contributed by atoms with van der Waals surface area (Å²) in [6.07, 6.45) is 5.76. The molecule has 0 radical (unpaired) electrons. The normalized spacial score (nSPS) is 14.0. The molecular formula is C54H36N2S. The van der Waals surface area contributed by atoms with Crippen LogP contribution in [-0.4, -0.2) is 9.13 Å². The van der Waals surface area contributed by atoms with E-state index < -0.39 is 0 Å². The zero-order valence-corrected chi connectivity index (χ0v) is 32.0. The molecule has 0 N–H and O–H groups in total. The number of para-hydroxylation sites is 1. The topological polar surface area (TPSA) is 9.86 Å². The van der Waals surface area contributed by atoms with Crippen LogP contribution in [0.25, 0.3) is 92.6 Å². The molecule has 3 heterocycles. The summed E-state index contributed by atoms with van der Waals surface area (Å²) in [5, 5.41) is 6.57. The summed E-state index contributed by atoms with van der Waals surface area (Å²) in [4.78, 5) is 0. The maximum atomic E-state index is 2.51. The first-order valence-electron chi connectivity index (χ1n) is 19.8. The fraction of sp³-hybridized carbons (Fsp3) is 0.0370. The summed E-state index contributed by atoms with van der Waals surface area (Å²) < 4.78 is 7.63. The van der Waals surface area contributed by atoms with Gasteiger partial charge >= 0.3 is 0 Å². The molecule has 1 aliphatic rings. The van der Waals surface area contributed by atoms with E-state index >= 15 is 0 Å². The van der Waals surface area contributed by atoms with Crippen LogP contribution in [0.2, 0.25) is 0 Å². The standard InChI is InChI=1S/C54H36N2S/c1-3-12-35(13-4-1)37-22-26-41(27-23-37)56-51-31-25-40(34-48(51)45-28-29-46-44-19-8-10-21-52(44)57-54(46)53(45)56)39-24-30-50-47(33-39)43-18-7-9-20-49(43)55(50)42-17-11-16-38(32-42)36-14-5-2-6-15-36/h1-32,34,39H,33H2. The van der Waals surface area contributed by atoms with Crippen molar-refractivity contribution in [2.75, 3.05) is 0 Å². The van der Waals surface area contributed by atoms with E-state index in [1.165, 1.54) is 103 Å². The second-order valence-corrected chi connectivity index (χ2v) is 16.3. The van der Waals surface area contributed by atoms with Gasteiger partial charge in [-0.25, -0.2) is 0 Å². The van der Waals surface area contributed by atoms with Crippen LogP contribution in [0.15, 0.2) is 194 Å². The molecule has 0 amide bonds. The van der Waals surface area contributed by atoms with Crippen LogP contribution in [0.5, 0.6) is 0 Å². The molecule has 2 nitrogen and oxygen atoms in total. The van der Waals surface area contributed by atoms with E-state index in [0.29, 0.717) is 0 Å². The first kappa shape index (κ1) is 32.3. The quantitative estimate of drug-likeness (QED) is 0.166. The maximum absolute atomic E-state index is 2.51. The van der Waals surface area contributed by atoms with Crippen molar-refractivity contribution in [3.8, 4) is 33.6 Å². The average molecular weight is 745 g/mol. The number of rotatable bonds is 5. The lowest BCUT2D eigenvalue weighted by atomic mass is 9.86. The van der Waals surface area contributed by atoms with E-state index in [1.54, 1.807) is 0 Å². The predicted molar refractivity (Wildman–Crippen MR) is 243 cm³/mol. The van der Waals surface area contributed by atoms with Crippen molar-refractivity contribution in [1.82, 2.24) is 9.13 Å². The van der Waals surface area contributed by atoms with Gasteiger partial charge in [-0.1, -0.05) is 146 Å². The van der Waals surface area contributed by atoms with Gasteiger partial charge in [0.05, 0.1) is 21.3 Å². The third kappa shape index (κ3) is 5.09. The van der Waals surface area contributed by atoms with Gasteiger partial charge in [0.2, 0.25) is 0 Å². The van der Waals surface area contributed by atoms with Gasteiger partial charge in [0.15, 0.2) is 0 Å². The van der Waals surface area contributed by atoms with Gasteiger partial charge in [0.25, 0.3) is 0 Å². The van der Waals surface area contributed by atoms with Crippen molar-refractivity contribution < 1.29 is 0 Å². The highest BCUT2D eigenvalue weighted by atomic mass is 32.1. The van der Waals surface area contributed by atoms with Crippen molar-refractivity contribution in [1.29, 1.82) is 0 Å².